The first-order valence-corrected chi connectivity index (χ1v) is 9.05. The number of para-hydroxylation sites is 1. The minimum absolute atomic E-state index is 0.155. The summed E-state index contributed by atoms with van der Waals surface area (Å²) in [6, 6.07) is 6.74. The summed E-state index contributed by atoms with van der Waals surface area (Å²) < 4.78 is 4.96. The van der Waals surface area contributed by atoms with Crippen LogP contribution in [0.1, 0.15) is 23.0 Å². The van der Waals surface area contributed by atoms with E-state index in [0.29, 0.717) is 43.7 Å². The Morgan fingerprint density at radius 3 is 2.39 bits per heavy atom. The number of H-pyrrole nitrogens is 1. The Morgan fingerprint density at radius 2 is 1.75 bits per heavy atom. The third-order valence-corrected chi connectivity index (χ3v) is 4.72. The monoisotopic (exact) mass is 386 g/mol. The van der Waals surface area contributed by atoms with Gasteiger partial charge in [-0.2, -0.15) is 0 Å². The van der Waals surface area contributed by atoms with Crippen LogP contribution < -0.4 is 11.2 Å². The predicted octanol–water partition coefficient (Wildman–Crippen LogP) is 0.470. The van der Waals surface area contributed by atoms with E-state index < -0.39 is 17.4 Å². The third kappa shape index (κ3) is 3.83. The summed E-state index contributed by atoms with van der Waals surface area (Å²) in [4.78, 5) is 55.1. The van der Waals surface area contributed by atoms with Gasteiger partial charge in [-0.15, -0.1) is 0 Å². The molecule has 1 aliphatic rings. The maximum atomic E-state index is 12.7. The number of benzene rings is 1. The number of pyridine rings is 1. The van der Waals surface area contributed by atoms with Crippen molar-refractivity contribution in [3.8, 4) is 0 Å². The van der Waals surface area contributed by atoms with Gasteiger partial charge < -0.3 is 25.3 Å². The Hall–Kier alpha value is -3.36. The van der Waals surface area contributed by atoms with Crippen molar-refractivity contribution in [3.05, 3.63) is 45.7 Å². The quantitative estimate of drug-likeness (QED) is 0.790. The van der Waals surface area contributed by atoms with Crippen molar-refractivity contribution < 1.29 is 19.1 Å². The van der Waals surface area contributed by atoms with Crippen LogP contribution in [0.4, 0.5) is 4.79 Å². The molecule has 3 rings (SSSR count). The van der Waals surface area contributed by atoms with E-state index >= 15 is 0 Å². The second-order valence-electron chi connectivity index (χ2n) is 6.46. The molecule has 0 atom stereocenters. The number of piperazine rings is 1. The van der Waals surface area contributed by atoms with Crippen molar-refractivity contribution in [1.82, 2.24) is 14.8 Å². The molecule has 1 saturated heterocycles. The zero-order valence-electron chi connectivity index (χ0n) is 15.6. The molecule has 3 N–H and O–H groups in total. The Kier molecular flexibility index (Phi) is 5.62. The van der Waals surface area contributed by atoms with Gasteiger partial charge in [-0.25, -0.2) is 4.79 Å². The van der Waals surface area contributed by atoms with E-state index in [4.69, 9.17) is 10.5 Å². The average molecular weight is 386 g/mol. The largest absolute Gasteiger partial charge is 0.450 e. The number of hydrogen-bond acceptors (Lipinski definition) is 5. The highest BCUT2D eigenvalue weighted by atomic mass is 16.6. The van der Waals surface area contributed by atoms with Gasteiger partial charge in [0.25, 0.3) is 5.91 Å². The topological polar surface area (TPSA) is 126 Å². The summed E-state index contributed by atoms with van der Waals surface area (Å²) in [5.41, 5.74) is 5.45. The van der Waals surface area contributed by atoms with Gasteiger partial charge in [-0.1, -0.05) is 12.1 Å². The van der Waals surface area contributed by atoms with E-state index in [1.54, 1.807) is 41.0 Å². The number of ether oxygens (including phenoxy) is 1. The molecule has 148 valence electrons. The molecule has 2 aromatic rings. The summed E-state index contributed by atoms with van der Waals surface area (Å²) in [7, 11) is 0. The Morgan fingerprint density at radius 1 is 1.11 bits per heavy atom. The Labute approximate surface area is 161 Å². The molecule has 2 heterocycles. The standard InChI is InChI=1S/C19H22N4O5/c1-2-28-19(27)23-9-7-22(8-10-23)15(24)11-14-16(18(20)26)17(25)12-5-3-4-6-13(12)21-14/h3-6H,2,7-11H2,1H3,(H2,20,26)(H,21,25). The van der Waals surface area contributed by atoms with Crippen molar-refractivity contribution in [2.45, 2.75) is 13.3 Å². The molecule has 9 heteroatoms. The minimum atomic E-state index is -0.873. The van der Waals surface area contributed by atoms with Crippen LogP contribution in [-0.2, 0) is 16.0 Å². The lowest BCUT2D eigenvalue weighted by Gasteiger charge is -2.34. The zero-order valence-corrected chi connectivity index (χ0v) is 15.6. The zero-order chi connectivity index (χ0) is 20.3. The number of carbonyl (C=O) groups excluding carboxylic acids is 3. The highest BCUT2D eigenvalue weighted by Crippen LogP contribution is 2.14. The van der Waals surface area contributed by atoms with Gasteiger partial charge in [0.2, 0.25) is 11.3 Å². The number of hydrogen-bond donors (Lipinski definition) is 2. The summed E-state index contributed by atoms with van der Waals surface area (Å²) in [5, 5.41) is 0.343. The van der Waals surface area contributed by atoms with Gasteiger partial charge in [-0.05, 0) is 19.1 Å². The second-order valence-corrected chi connectivity index (χ2v) is 6.46. The molecule has 0 saturated carbocycles. The minimum Gasteiger partial charge on any atom is -0.450 e. The molecule has 3 amide bonds. The van der Waals surface area contributed by atoms with Crippen molar-refractivity contribution in [2.24, 2.45) is 5.73 Å². The molecule has 1 aromatic heterocycles. The van der Waals surface area contributed by atoms with Crippen molar-refractivity contribution in [1.29, 1.82) is 0 Å². The molecular formula is C19H22N4O5. The van der Waals surface area contributed by atoms with Crippen LogP contribution in [0.3, 0.4) is 0 Å². The summed E-state index contributed by atoms with van der Waals surface area (Å²) in [6.07, 6.45) is -0.554. The van der Waals surface area contributed by atoms with Crippen LogP contribution >= 0.6 is 0 Å². The van der Waals surface area contributed by atoms with E-state index in [-0.39, 0.29) is 23.6 Å². The number of aromatic amines is 1. The fourth-order valence-corrected chi connectivity index (χ4v) is 3.30. The molecule has 0 radical (unpaired) electrons. The second kappa shape index (κ2) is 8.12. The number of aromatic nitrogens is 1. The first-order valence-electron chi connectivity index (χ1n) is 9.05. The summed E-state index contributed by atoms with van der Waals surface area (Å²) in [5.74, 6) is -1.13. The number of carbonyl (C=O) groups is 3. The molecule has 28 heavy (non-hydrogen) atoms. The molecule has 9 nitrogen and oxygen atoms in total. The van der Waals surface area contributed by atoms with Crippen LogP contribution in [0, 0.1) is 0 Å². The lowest BCUT2D eigenvalue weighted by atomic mass is 10.0. The fraction of sp³-hybridized carbons (Fsp3) is 0.368. The number of nitrogens with one attached hydrogen (secondary N) is 1. The van der Waals surface area contributed by atoms with E-state index in [1.165, 1.54) is 0 Å². The third-order valence-electron chi connectivity index (χ3n) is 4.72. The SMILES string of the molecule is CCOC(=O)N1CCN(C(=O)Cc2[nH]c3ccccc3c(=O)c2C(N)=O)CC1. The Balaban J connectivity index is 1.78. The van der Waals surface area contributed by atoms with Gasteiger partial charge in [0, 0.05) is 42.8 Å². The van der Waals surface area contributed by atoms with Crippen molar-refractivity contribution >= 4 is 28.8 Å². The number of nitrogens with zero attached hydrogens (tertiary/aromatic N) is 2. The maximum absolute atomic E-state index is 12.7. The average Bonchev–Trinajstić information content (AvgIpc) is 2.68. The molecule has 0 spiro atoms. The van der Waals surface area contributed by atoms with E-state index in [9.17, 15) is 19.2 Å². The van der Waals surface area contributed by atoms with Crippen LogP contribution in [-0.4, -0.2) is 65.5 Å². The molecule has 0 aliphatic carbocycles. The number of nitrogens with two attached hydrogens (primary N) is 1. The van der Waals surface area contributed by atoms with E-state index in [0.717, 1.165) is 0 Å². The number of rotatable bonds is 4. The van der Waals surface area contributed by atoms with Gasteiger partial charge in [-0.3, -0.25) is 14.4 Å². The number of primary amides is 1. The van der Waals surface area contributed by atoms with Crippen LogP contribution in [0.2, 0.25) is 0 Å². The van der Waals surface area contributed by atoms with Crippen LogP contribution in [0.25, 0.3) is 10.9 Å². The smallest absolute Gasteiger partial charge is 0.409 e. The maximum Gasteiger partial charge on any atom is 0.409 e. The molecule has 1 aromatic carbocycles. The predicted molar refractivity (Wildman–Crippen MR) is 102 cm³/mol. The Bertz CT molecular complexity index is 976. The van der Waals surface area contributed by atoms with Gasteiger partial charge >= 0.3 is 6.09 Å². The lowest BCUT2D eigenvalue weighted by molar-refractivity contribution is -0.132. The fourth-order valence-electron chi connectivity index (χ4n) is 3.30. The number of fused-ring (bicyclic) bond motifs is 1. The lowest BCUT2D eigenvalue weighted by Crippen LogP contribution is -2.51. The molecular weight excluding hydrogens is 364 g/mol. The van der Waals surface area contributed by atoms with Gasteiger partial charge in [0.15, 0.2) is 0 Å². The summed E-state index contributed by atoms with van der Waals surface area (Å²) >= 11 is 0. The number of amides is 3. The summed E-state index contributed by atoms with van der Waals surface area (Å²) in [6.45, 7) is 3.45. The van der Waals surface area contributed by atoms with Crippen LogP contribution in [0.15, 0.2) is 29.1 Å². The first-order chi connectivity index (χ1) is 13.4. The molecule has 0 bridgehead atoms. The van der Waals surface area contributed by atoms with E-state index in [1.807, 2.05) is 0 Å². The van der Waals surface area contributed by atoms with Gasteiger partial charge in [0.1, 0.15) is 5.56 Å². The van der Waals surface area contributed by atoms with Crippen molar-refractivity contribution in [3.63, 3.8) is 0 Å². The molecule has 0 unspecified atom stereocenters. The van der Waals surface area contributed by atoms with Crippen molar-refractivity contribution in [2.75, 3.05) is 32.8 Å². The van der Waals surface area contributed by atoms with Gasteiger partial charge in [0.05, 0.1) is 13.0 Å². The van der Waals surface area contributed by atoms with E-state index in [2.05, 4.69) is 4.98 Å². The van der Waals surface area contributed by atoms with Crippen LogP contribution in [0.5, 0.6) is 0 Å². The first kappa shape index (κ1) is 19.4. The highest BCUT2D eigenvalue weighted by molar-refractivity contribution is 5.98. The molecule has 1 fully saturated rings. The normalized spacial score (nSPS) is 14.2. The molecule has 1 aliphatic heterocycles. The highest BCUT2D eigenvalue weighted by Gasteiger charge is 2.26.